The molecule has 3 amide bonds. The van der Waals surface area contributed by atoms with Gasteiger partial charge in [0.1, 0.15) is 12.7 Å². The molecule has 0 bridgehead atoms. The van der Waals surface area contributed by atoms with Gasteiger partial charge in [-0.05, 0) is 31.0 Å². The predicted octanol–water partition coefficient (Wildman–Crippen LogP) is 2.79. The lowest BCUT2D eigenvalue weighted by Gasteiger charge is -2.19. The third-order valence-electron chi connectivity index (χ3n) is 5.76. The summed E-state index contributed by atoms with van der Waals surface area (Å²) < 4.78 is 40.6. The number of amides is 3. The van der Waals surface area contributed by atoms with Crippen molar-refractivity contribution in [1.29, 1.82) is 0 Å². The highest BCUT2D eigenvalue weighted by molar-refractivity contribution is 6.05. The molecule has 1 aliphatic carbocycles. The molecule has 164 valence electrons. The van der Waals surface area contributed by atoms with E-state index in [2.05, 4.69) is 15.4 Å². The molecule has 0 unspecified atom stereocenters. The Hall–Kier alpha value is -3.24. The lowest BCUT2D eigenvalue weighted by atomic mass is 9.81. The van der Waals surface area contributed by atoms with E-state index in [-0.39, 0.29) is 48.0 Å². The van der Waals surface area contributed by atoms with Crippen molar-refractivity contribution in [1.82, 2.24) is 19.7 Å². The van der Waals surface area contributed by atoms with Gasteiger partial charge in [-0.3, -0.25) is 19.3 Å². The molecule has 4 rings (SSSR count). The number of alkyl halides is 3. The summed E-state index contributed by atoms with van der Waals surface area (Å²) in [5, 5.41) is 6.34. The Bertz CT molecular complexity index is 982. The summed E-state index contributed by atoms with van der Waals surface area (Å²) in [5.74, 6) is -1.76. The zero-order valence-electron chi connectivity index (χ0n) is 16.4. The summed E-state index contributed by atoms with van der Waals surface area (Å²) in [6.07, 6.45) is 0.834. The van der Waals surface area contributed by atoms with E-state index in [0.29, 0.717) is 12.8 Å². The summed E-state index contributed by atoms with van der Waals surface area (Å²) in [4.78, 5) is 42.4. The Labute approximate surface area is 175 Å². The Morgan fingerprint density at radius 3 is 2.39 bits per heavy atom. The van der Waals surface area contributed by atoms with E-state index in [9.17, 15) is 27.6 Å². The summed E-state index contributed by atoms with van der Waals surface area (Å²) >= 11 is 0. The lowest BCUT2D eigenvalue weighted by molar-refractivity contribution is -0.140. The Balaban J connectivity index is 1.48. The monoisotopic (exact) mass is 435 g/mol. The third kappa shape index (κ3) is 4.17. The van der Waals surface area contributed by atoms with Crippen LogP contribution in [0.1, 0.15) is 37.7 Å². The van der Waals surface area contributed by atoms with Crippen LogP contribution >= 0.6 is 0 Å². The standard InChI is InChI=1S/C20H20F3N5O3/c21-20(22,23)12-5-6-16(28-11-24-10-25-28)15(9-12)26-17(29)7-8-27-18(30)13-3-1-2-4-14(13)19(27)31/h5-6,9-11,13-14H,1-4,7-8H2,(H,26,29)/t13-,14-/m1/s1. The topological polar surface area (TPSA) is 97.2 Å². The van der Waals surface area contributed by atoms with E-state index in [1.807, 2.05) is 0 Å². The first-order chi connectivity index (χ1) is 14.8. The highest BCUT2D eigenvalue weighted by Crippen LogP contribution is 2.38. The maximum atomic E-state index is 13.1. The molecule has 0 radical (unpaired) electrons. The number of carbonyl (C=O) groups is 3. The SMILES string of the molecule is O=C(CCN1C(=O)[C@@H]2CCCC[C@H]2C1=O)Nc1cc(C(F)(F)F)ccc1-n1cncn1. The van der Waals surface area contributed by atoms with Gasteiger partial charge in [0.2, 0.25) is 17.7 Å². The number of fused-ring (bicyclic) bond motifs is 1. The van der Waals surface area contributed by atoms with Gasteiger partial charge in [0.05, 0.1) is 28.8 Å². The Morgan fingerprint density at radius 1 is 1.13 bits per heavy atom. The molecule has 8 nitrogen and oxygen atoms in total. The van der Waals surface area contributed by atoms with Crippen LogP contribution in [0.3, 0.4) is 0 Å². The molecular weight excluding hydrogens is 415 g/mol. The number of hydrogen-bond donors (Lipinski definition) is 1. The minimum absolute atomic E-state index is 0.0990. The van der Waals surface area contributed by atoms with E-state index in [1.165, 1.54) is 23.4 Å². The first-order valence-corrected chi connectivity index (χ1v) is 9.97. The number of imide groups is 1. The van der Waals surface area contributed by atoms with Gasteiger partial charge in [0.15, 0.2) is 0 Å². The van der Waals surface area contributed by atoms with Crippen LogP contribution in [0.5, 0.6) is 0 Å². The van der Waals surface area contributed by atoms with Gasteiger partial charge in [-0.25, -0.2) is 9.67 Å². The van der Waals surface area contributed by atoms with Gasteiger partial charge < -0.3 is 5.32 Å². The van der Waals surface area contributed by atoms with Crippen LogP contribution in [-0.4, -0.2) is 43.9 Å². The molecule has 1 saturated carbocycles. The number of rotatable bonds is 5. The molecule has 2 fully saturated rings. The van der Waals surface area contributed by atoms with Crippen LogP contribution in [0.15, 0.2) is 30.9 Å². The molecule has 1 aliphatic heterocycles. The van der Waals surface area contributed by atoms with Crippen molar-refractivity contribution < 1.29 is 27.6 Å². The fraction of sp³-hybridized carbons (Fsp3) is 0.450. The molecule has 1 saturated heterocycles. The van der Waals surface area contributed by atoms with Gasteiger partial charge >= 0.3 is 6.18 Å². The number of anilines is 1. The first-order valence-electron chi connectivity index (χ1n) is 9.97. The van der Waals surface area contributed by atoms with Crippen LogP contribution in [0.4, 0.5) is 18.9 Å². The van der Waals surface area contributed by atoms with E-state index in [0.717, 1.165) is 29.9 Å². The first kappa shape index (κ1) is 21.0. The molecule has 2 aliphatic rings. The molecule has 1 aromatic heterocycles. The van der Waals surface area contributed by atoms with Crippen molar-refractivity contribution in [3.63, 3.8) is 0 Å². The molecular formula is C20H20F3N5O3. The minimum Gasteiger partial charge on any atom is -0.324 e. The van der Waals surface area contributed by atoms with Crippen LogP contribution in [-0.2, 0) is 20.6 Å². The molecule has 2 aromatic rings. The molecule has 31 heavy (non-hydrogen) atoms. The van der Waals surface area contributed by atoms with E-state index < -0.39 is 17.6 Å². The summed E-state index contributed by atoms with van der Waals surface area (Å²) in [5.41, 5.74) is -0.822. The van der Waals surface area contributed by atoms with Gasteiger partial charge in [0.25, 0.3) is 0 Å². The van der Waals surface area contributed by atoms with Crippen LogP contribution in [0.2, 0.25) is 0 Å². The fourth-order valence-electron chi connectivity index (χ4n) is 4.22. The number of hydrogen-bond acceptors (Lipinski definition) is 5. The number of nitrogens with zero attached hydrogens (tertiary/aromatic N) is 4. The van der Waals surface area contributed by atoms with Crippen molar-refractivity contribution >= 4 is 23.4 Å². The van der Waals surface area contributed by atoms with Gasteiger partial charge in [-0.1, -0.05) is 12.8 Å². The highest BCUT2D eigenvalue weighted by Gasteiger charge is 2.47. The molecule has 2 atom stereocenters. The van der Waals surface area contributed by atoms with Crippen molar-refractivity contribution in [3.8, 4) is 5.69 Å². The van der Waals surface area contributed by atoms with Gasteiger partial charge in [-0.2, -0.15) is 18.3 Å². The quantitative estimate of drug-likeness (QED) is 0.729. The van der Waals surface area contributed by atoms with Crippen LogP contribution in [0, 0.1) is 11.8 Å². The third-order valence-corrected chi connectivity index (χ3v) is 5.76. The number of nitrogens with one attached hydrogen (secondary N) is 1. The summed E-state index contributed by atoms with van der Waals surface area (Å²) in [7, 11) is 0. The van der Waals surface area contributed by atoms with Crippen molar-refractivity contribution in [2.24, 2.45) is 11.8 Å². The van der Waals surface area contributed by atoms with E-state index in [4.69, 9.17) is 0 Å². The number of benzene rings is 1. The minimum atomic E-state index is -4.59. The average molecular weight is 435 g/mol. The fourth-order valence-corrected chi connectivity index (χ4v) is 4.22. The normalized spacial score (nSPS) is 21.3. The Morgan fingerprint density at radius 2 is 1.81 bits per heavy atom. The number of aromatic nitrogens is 3. The smallest absolute Gasteiger partial charge is 0.324 e. The molecule has 1 aromatic carbocycles. The van der Waals surface area contributed by atoms with E-state index in [1.54, 1.807) is 0 Å². The summed E-state index contributed by atoms with van der Waals surface area (Å²) in [6, 6.07) is 2.89. The average Bonchev–Trinajstić information content (AvgIpc) is 3.34. The van der Waals surface area contributed by atoms with Crippen molar-refractivity contribution in [2.45, 2.75) is 38.3 Å². The largest absolute Gasteiger partial charge is 0.416 e. The van der Waals surface area contributed by atoms with Crippen molar-refractivity contribution in [3.05, 3.63) is 36.4 Å². The predicted molar refractivity (Wildman–Crippen MR) is 102 cm³/mol. The van der Waals surface area contributed by atoms with Crippen LogP contribution in [0.25, 0.3) is 5.69 Å². The van der Waals surface area contributed by atoms with E-state index >= 15 is 0 Å². The number of carbonyl (C=O) groups excluding carboxylic acids is 3. The zero-order chi connectivity index (χ0) is 22.2. The van der Waals surface area contributed by atoms with Crippen molar-refractivity contribution in [2.75, 3.05) is 11.9 Å². The highest BCUT2D eigenvalue weighted by atomic mass is 19.4. The maximum absolute atomic E-state index is 13.1. The van der Waals surface area contributed by atoms with Gasteiger partial charge in [-0.15, -0.1) is 0 Å². The molecule has 11 heteroatoms. The number of halogens is 3. The lowest BCUT2D eigenvalue weighted by Crippen LogP contribution is -2.34. The second-order valence-electron chi connectivity index (χ2n) is 7.69. The summed E-state index contributed by atoms with van der Waals surface area (Å²) in [6.45, 7) is -0.103. The molecule has 0 spiro atoms. The second kappa shape index (κ2) is 8.12. The number of likely N-dealkylation sites (tertiary alicyclic amines) is 1. The Kier molecular flexibility index (Phi) is 5.50. The van der Waals surface area contributed by atoms with Gasteiger partial charge in [0, 0.05) is 13.0 Å². The second-order valence-corrected chi connectivity index (χ2v) is 7.69. The maximum Gasteiger partial charge on any atom is 0.416 e. The van der Waals surface area contributed by atoms with Crippen LogP contribution < -0.4 is 5.32 Å². The molecule has 2 heterocycles. The zero-order valence-corrected chi connectivity index (χ0v) is 16.4. The molecule has 1 N–H and O–H groups in total.